The van der Waals surface area contributed by atoms with E-state index >= 15 is 0 Å². The van der Waals surface area contributed by atoms with Crippen molar-refractivity contribution in [2.24, 2.45) is 11.7 Å². The van der Waals surface area contributed by atoms with Crippen LogP contribution in [0.25, 0.3) is 0 Å². The van der Waals surface area contributed by atoms with Crippen molar-refractivity contribution in [3.05, 3.63) is 28.8 Å². The fourth-order valence-corrected chi connectivity index (χ4v) is 3.09. The van der Waals surface area contributed by atoms with Crippen molar-refractivity contribution in [2.45, 2.75) is 32.7 Å². The standard InChI is InChI=1S/C16H24ClN3O/c1-3-20-8-6-12(7-9-20)11(2)19-15-10-13(16(18)21)4-5-14(15)17/h4-5,10-12,19H,3,6-9H2,1-2H3,(H2,18,21). The number of hydrogen-bond acceptors (Lipinski definition) is 3. The third-order valence-electron chi connectivity index (χ3n) is 4.42. The molecule has 1 fully saturated rings. The van der Waals surface area contributed by atoms with Gasteiger partial charge >= 0.3 is 0 Å². The number of nitrogens with zero attached hydrogens (tertiary/aromatic N) is 1. The van der Waals surface area contributed by atoms with E-state index < -0.39 is 5.91 Å². The molecule has 3 N–H and O–H groups in total. The van der Waals surface area contributed by atoms with Crippen LogP contribution >= 0.6 is 11.6 Å². The summed E-state index contributed by atoms with van der Waals surface area (Å²) in [6, 6.07) is 5.43. The zero-order chi connectivity index (χ0) is 15.4. The summed E-state index contributed by atoms with van der Waals surface area (Å²) in [7, 11) is 0. The van der Waals surface area contributed by atoms with Crippen LogP contribution in [0.5, 0.6) is 0 Å². The van der Waals surface area contributed by atoms with Crippen LogP contribution in [0.2, 0.25) is 5.02 Å². The van der Waals surface area contributed by atoms with Crippen molar-refractivity contribution >= 4 is 23.2 Å². The second kappa shape index (κ2) is 7.14. The fraction of sp³-hybridized carbons (Fsp3) is 0.562. The number of carbonyl (C=O) groups excluding carboxylic acids is 1. The Morgan fingerprint density at radius 1 is 1.48 bits per heavy atom. The SMILES string of the molecule is CCN1CCC(C(C)Nc2cc(C(N)=O)ccc2Cl)CC1. The van der Waals surface area contributed by atoms with Crippen LogP contribution in [-0.2, 0) is 0 Å². The monoisotopic (exact) mass is 309 g/mol. The molecule has 4 nitrogen and oxygen atoms in total. The van der Waals surface area contributed by atoms with E-state index in [-0.39, 0.29) is 0 Å². The molecule has 5 heteroatoms. The lowest BCUT2D eigenvalue weighted by Gasteiger charge is -2.35. The van der Waals surface area contributed by atoms with E-state index in [0.717, 1.165) is 25.3 Å². The van der Waals surface area contributed by atoms with Crippen LogP contribution in [-0.4, -0.2) is 36.5 Å². The number of benzene rings is 1. The first-order valence-electron chi connectivity index (χ1n) is 7.59. The number of nitrogens with one attached hydrogen (secondary N) is 1. The molecule has 1 aliphatic heterocycles. The van der Waals surface area contributed by atoms with E-state index in [0.29, 0.717) is 22.5 Å². The lowest BCUT2D eigenvalue weighted by atomic mass is 9.90. The van der Waals surface area contributed by atoms with Crippen LogP contribution in [0.3, 0.4) is 0 Å². The molecule has 0 bridgehead atoms. The molecule has 1 unspecified atom stereocenters. The first-order chi connectivity index (χ1) is 10.0. The molecular formula is C16H24ClN3O. The Kier molecular flexibility index (Phi) is 5.48. The molecule has 1 heterocycles. The normalized spacial score (nSPS) is 18.4. The van der Waals surface area contributed by atoms with Gasteiger partial charge in [-0.05, 0) is 63.5 Å². The quantitative estimate of drug-likeness (QED) is 0.879. The minimum absolute atomic E-state index is 0.324. The Balaban J connectivity index is 2.01. The zero-order valence-corrected chi connectivity index (χ0v) is 13.5. The van der Waals surface area contributed by atoms with Gasteiger partial charge in [0.2, 0.25) is 5.91 Å². The van der Waals surface area contributed by atoms with Gasteiger partial charge in [0.1, 0.15) is 0 Å². The summed E-state index contributed by atoms with van der Waals surface area (Å²) in [6.45, 7) is 7.82. The minimum Gasteiger partial charge on any atom is -0.381 e. The maximum atomic E-state index is 11.3. The van der Waals surface area contributed by atoms with Crippen molar-refractivity contribution in [1.29, 1.82) is 0 Å². The number of anilines is 1. The first kappa shape index (κ1) is 16.1. The summed E-state index contributed by atoms with van der Waals surface area (Å²) in [5.74, 6) is 0.194. The Morgan fingerprint density at radius 2 is 2.14 bits per heavy atom. The van der Waals surface area contributed by atoms with Crippen LogP contribution in [0.1, 0.15) is 37.0 Å². The second-order valence-corrected chi connectivity index (χ2v) is 6.17. The molecule has 1 aromatic carbocycles. The van der Waals surface area contributed by atoms with E-state index in [2.05, 4.69) is 24.1 Å². The summed E-state index contributed by atoms with van der Waals surface area (Å²) in [4.78, 5) is 13.7. The number of piperidine rings is 1. The molecule has 0 saturated carbocycles. The van der Waals surface area contributed by atoms with E-state index in [4.69, 9.17) is 17.3 Å². The highest BCUT2D eigenvalue weighted by molar-refractivity contribution is 6.33. The summed E-state index contributed by atoms with van der Waals surface area (Å²) >= 11 is 6.21. The van der Waals surface area contributed by atoms with Gasteiger partial charge in [0.15, 0.2) is 0 Å². The number of carbonyl (C=O) groups is 1. The van der Waals surface area contributed by atoms with Crippen molar-refractivity contribution in [1.82, 2.24) is 4.90 Å². The van der Waals surface area contributed by atoms with E-state index in [9.17, 15) is 4.79 Å². The first-order valence-corrected chi connectivity index (χ1v) is 7.97. The fourth-order valence-electron chi connectivity index (χ4n) is 2.92. The Labute approximate surface area is 131 Å². The predicted molar refractivity (Wildman–Crippen MR) is 87.9 cm³/mol. The summed E-state index contributed by atoms with van der Waals surface area (Å²) < 4.78 is 0. The zero-order valence-electron chi connectivity index (χ0n) is 12.7. The van der Waals surface area contributed by atoms with Gasteiger partial charge in [-0.25, -0.2) is 0 Å². The molecule has 116 valence electrons. The number of nitrogens with two attached hydrogens (primary N) is 1. The number of hydrogen-bond donors (Lipinski definition) is 2. The Bertz CT molecular complexity index is 498. The molecule has 2 rings (SSSR count). The van der Waals surface area contributed by atoms with Crippen LogP contribution in [0, 0.1) is 5.92 Å². The summed E-state index contributed by atoms with van der Waals surface area (Å²) in [5.41, 5.74) is 6.59. The van der Waals surface area contributed by atoms with Gasteiger partial charge in [-0.15, -0.1) is 0 Å². The molecule has 1 amide bonds. The van der Waals surface area contributed by atoms with Gasteiger partial charge in [-0.1, -0.05) is 18.5 Å². The third kappa shape index (κ3) is 4.11. The number of primary amides is 1. The highest BCUT2D eigenvalue weighted by atomic mass is 35.5. The second-order valence-electron chi connectivity index (χ2n) is 5.76. The minimum atomic E-state index is -0.432. The van der Waals surface area contributed by atoms with E-state index in [1.807, 2.05) is 0 Å². The number of halogens is 1. The van der Waals surface area contributed by atoms with Crippen molar-refractivity contribution in [3.63, 3.8) is 0 Å². The van der Waals surface area contributed by atoms with Gasteiger partial charge < -0.3 is 16.0 Å². The van der Waals surface area contributed by atoms with Crippen LogP contribution in [0.15, 0.2) is 18.2 Å². The van der Waals surface area contributed by atoms with Crippen LogP contribution in [0.4, 0.5) is 5.69 Å². The third-order valence-corrected chi connectivity index (χ3v) is 4.75. The number of amides is 1. The van der Waals surface area contributed by atoms with Gasteiger partial charge in [-0.3, -0.25) is 4.79 Å². The van der Waals surface area contributed by atoms with E-state index in [1.54, 1.807) is 18.2 Å². The Morgan fingerprint density at radius 3 is 2.71 bits per heavy atom. The average Bonchev–Trinajstić information content (AvgIpc) is 2.49. The maximum Gasteiger partial charge on any atom is 0.248 e. The number of likely N-dealkylation sites (tertiary alicyclic amines) is 1. The molecule has 1 atom stereocenters. The highest BCUT2D eigenvalue weighted by Crippen LogP contribution is 2.27. The molecule has 21 heavy (non-hydrogen) atoms. The smallest absolute Gasteiger partial charge is 0.248 e. The predicted octanol–water partition coefficient (Wildman–Crippen LogP) is 2.97. The van der Waals surface area contributed by atoms with Gasteiger partial charge in [-0.2, -0.15) is 0 Å². The van der Waals surface area contributed by atoms with Crippen molar-refractivity contribution in [3.8, 4) is 0 Å². The average molecular weight is 310 g/mol. The molecular weight excluding hydrogens is 286 g/mol. The molecule has 0 spiro atoms. The van der Waals surface area contributed by atoms with Crippen molar-refractivity contribution in [2.75, 3.05) is 25.0 Å². The van der Waals surface area contributed by atoms with E-state index in [1.165, 1.54) is 12.8 Å². The van der Waals surface area contributed by atoms with Gasteiger partial charge in [0, 0.05) is 11.6 Å². The van der Waals surface area contributed by atoms with Crippen LogP contribution < -0.4 is 11.1 Å². The highest BCUT2D eigenvalue weighted by Gasteiger charge is 2.23. The number of rotatable bonds is 5. The summed E-state index contributed by atoms with van der Waals surface area (Å²) in [6.07, 6.45) is 2.38. The largest absolute Gasteiger partial charge is 0.381 e. The maximum absolute atomic E-state index is 11.3. The Hall–Kier alpha value is -1.26. The molecule has 1 aliphatic rings. The van der Waals surface area contributed by atoms with Gasteiger partial charge in [0.05, 0.1) is 10.7 Å². The van der Waals surface area contributed by atoms with Gasteiger partial charge in [0.25, 0.3) is 0 Å². The lowest BCUT2D eigenvalue weighted by Crippen LogP contribution is -2.39. The molecule has 0 aliphatic carbocycles. The van der Waals surface area contributed by atoms with Crippen molar-refractivity contribution < 1.29 is 4.79 Å². The molecule has 0 aromatic heterocycles. The molecule has 1 aromatic rings. The lowest BCUT2D eigenvalue weighted by molar-refractivity contribution is 0.100. The summed E-state index contributed by atoms with van der Waals surface area (Å²) in [5, 5.41) is 4.07. The molecule has 0 radical (unpaired) electrons. The topological polar surface area (TPSA) is 58.4 Å². The molecule has 1 saturated heterocycles.